The van der Waals surface area contributed by atoms with E-state index in [1.54, 1.807) is 35.2 Å². The van der Waals surface area contributed by atoms with Gasteiger partial charge in [0.25, 0.3) is 5.91 Å². The minimum atomic E-state index is -0.0841. The fourth-order valence-corrected chi connectivity index (χ4v) is 2.89. The van der Waals surface area contributed by atoms with Crippen LogP contribution >= 0.6 is 0 Å². The Kier molecular flexibility index (Phi) is 4.69. The fourth-order valence-electron chi connectivity index (χ4n) is 2.89. The molecule has 8 nitrogen and oxygen atoms in total. The number of carbonyl (C=O) groups is 1. The molecule has 2 aromatic heterocycles. The van der Waals surface area contributed by atoms with Crippen molar-refractivity contribution in [3.63, 3.8) is 0 Å². The van der Waals surface area contributed by atoms with Gasteiger partial charge in [0.2, 0.25) is 0 Å². The summed E-state index contributed by atoms with van der Waals surface area (Å²) in [6.45, 7) is 1.85. The molecule has 3 heterocycles. The molecule has 0 saturated carbocycles. The highest BCUT2D eigenvalue weighted by Crippen LogP contribution is 2.17. The molecule has 0 atom stereocenters. The highest BCUT2D eigenvalue weighted by molar-refractivity contribution is 5.93. The largest absolute Gasteiger partial charge is 0.494 e. The molecule has 8 heteroatoms. The lowest BCUT2D eigenvalue weighted by Crippen LogP contribution is -2.40. The van der Waals surface area contributed by atoms with E-state index in [9.17, 15) is 4.79 Å². The summed E-state index contributed by atoms with van der Waals surface area (Å²) in [5.74, 6) is 1.85. The van der Waals surface area contributed by atoms with Crippen molar-refractivity contribution in [1.82, 2.24) is 24.6 Å². The first-order valence-electron chi connectivity index (χ1n) is 8.61. The van der Waals surface area contributed by atoms with Crippen molar-refractivity contribution in [3.05, 3.63) is 66.0 Å². The SMILES string of the molecule is COc1cnc(CN2CCn3nc(COc4ccccc4)cc3C2=O)nc1. The summed E-state index contributed by atoms with van der Waals surface area (Å²) in [6.07, 6.45) is 3.19. The predicted octanol–water partition coefficient (Wildman–Crippen LogP) is 1.92. The Hall–Kier alpha value is -3.42. The molecule has 138 valence electrons. The molecule has 27 heavy (non-hydrogen) atoms. The van der Waals surface area contributed by atoms with Crippen molar-refractivity contribution in [1.29, 1.82) is 0 Å². The number of carbonyl (C=O) groups excluding carboxylic acids is 1. The Morgan fingerprint density at radius 1 is 1.07 bits per heavy atom. The highest BCUT2D eigenvalue weighted by atomic mass is 16.5. The Morgan fingerprint density at radius 2 is 1.85 bits per heavy atom. The number of benzene rings is 1. The van der Waals surface area contributed by atoms with E-state index in [1.807, 2.05) is 30.3 Å². The van der Waals surface area contributed by atoms with Crippen molar-refractivity contribution in [2.45, 2.75) is 19.7 Å². The van der Waals surface area contributed by atoms with E-state index in [0.717, 1.165) is 11.4 Å². The third-order valence-electron chi connectivity index (χ3n) is 4.30. The van der Waals surface area contributed by atoms with Gasteiger partial charge in [-0.2, -0.15) is 5.10 Å². The van der Waals surface area contributed by atoms with Gasteiger partial charge < -0.3 is 14.4 Å². The van der Waals surface area contributed by atoms with Crippen molar-refractivity contribution < 1.29 is 14.3 Å². The molecule has 1 aliphatic heterocycles. The van der Waals surface area contributed by atoms with E-state index in [2.05, 4.69) is 15.1 Å². The van der Waals surface area contributed by atoms with Gasteiger partial charge in [0.1, 0.15) is 29.6 Å². The number of amides is 1. The number of hydrogen-bond acceptors (Lipinski definition) is 6. The molecule has 0 N–H and O–H groups in total. The van der Waals surface area contributed by atoms with Crippen LogP contribution in [0.1, 0.15) is 22.0 Å². The third-order valence-corrected chi connectivity index (χ3v) is 4.30. The van der Waals surface area contributed by atoms with Gasteiger partial charge in [-0.05, 0) is 18.2 Å². The van der Waals surface area contributed by atoms with Crippen LogP contribution in [0.2, 0.25) is 0 Å². The molecule has 0 saturated heterocycles. The molecule has 0 aliphatic carbocycles. The number of methoxy groups -OCH3 is 1. The van der Waals surface area contributed by atoms with Crippen molar-refractivity contribution in [2.24, 2.45) is 0 Å². The number of nitrogens with zero attached hydrogens (tertiary/aromatic N) is 5. The summed E-state index contributed by atoms with van der Waals surface area (Å²) in [6, 6.07) is 11.3. The summed E-state index contributed by atoms with van der Waals surface area (Å²) in [5, 5.41) is 4.48. The van der Waals surface area contributed by atoms with Crippen LogP contribution in [0.25, 0.3) is 0 Å². The number of fused-ring (bicyclic) bond motifs is 1. The van der Waals surface area contributed by atoms with Gasteiger partial charge in [-0.15, -0.1) is 0 Å². The first-order valence-corrected chi connectivity index (χ1v) is 8.61. The Labute approximate surface area is 156 Å². The minimum Gasteiger partial charge on any atom is -0.494 e. The van der Waals surface area contributed by atoms with Crippen LogP contribution in [0.5, 0.6) is 11.5 Å². The molecular weight excluding hydrogens is 346 g/mol. The molecule has 0 bridgehead atoms. The van der Waals surface area contributed by atoms with Crippen LogP contribution in [-0.4, -0.2) is 44.2 Å². The monoisotopic (exact) mass is 365 g/mol. The van der Waals surface area contributed by atoms with Crippen LogP contribution < -0.4 is 9.47 Å². The van der Waals surface area contributed by atoms with Crippen molar-refractivity contribution >= 4 is 5.91 Å². The van der Waals surface area contributed by atoms with E-state index in [0.29, 0.717) is 43.5 Å². The van der Waals surface area contributed by atoms with Gasteiger partial charge in [0.05, 0.1) is 32.6 Å². The smallest absolute Gasteiger partial charge is 0.272 e. The first kappa shape index (κ1) is 17.0. The standard InChI is InChI=1S/C19H19N5O3/c1-26-16-10-20-18(21-11-16)12-23-7-8-24-17(19(23)25)9-14(22-24)13-27-15-5-3-2-4-6-15/h2-6,9-11H,7-8,12-13H2,1H3. The lowest BCUT2D eigenvalue weighted by atomic mass is 10.2. The summed E-state index contributed by atoms with van der Waals surface area (Å²) < 4.78 is 12.5. The molecule has 1 aliphatic rings. The summed E-state index contributed by atoms with van der Waals surface area (Å²) >= 11 is 0. The van der Waals surface area contributed by atoms with E-state index >= 15 is 0 Å². The van der Waals surface area contributed by atoms with E-state index in [1.165, 1.54) is 0 Å². The average Bonchev–Trinajstić information content (AvgIpc) is 3.14. The Morgan fingerprint density at radius 3 is 2.59 bits per heavy atom. The van der Waals surface area contributed by atoms with Crippen LogP contribution in [0, 0.1) is 0 Å². The lowest BCUT2D eigenvalue weighted by Gasteiger charge is -2.26. The zero-order valence-corrected chi connectivity index (χ0v) is 14.9. The second-order valence-corrected chi connectivity index (χ2v) is 6.11. The average molecular weight is 365 g/mol. The number of ether oxygens (including phenoxy) is 2. The number of rotatable bonds is 6. The van der Waals surface area contributed by atoms with Crippen LogP contribution in [0.15, 0.2) is 48.8 Å². The molecule has 0 radical (unpaired) electrons. The molecular formula is C19H19N5O3. The third kappa shape index (κ3) is 3.74. The molecule has 3 aromatic rings. The number of hydrogen-bond donors (Lipinski definition) is 0. The van der Waals surface area contributed by atoms with Gasteiger partial charge in [0, 0.05) is 6.54 Å². The maximum atomic E-state index is 12.8. The normalized spacial score (nSPS) is 13.4. The van der Waals surface area contributed by atoms with Crippen LogP contribution in [0.3, 0.4) is 0 Å². The molecule has 1 aromatic carbocycles. The van der Waals surface area contributed by atoms with Crippen molar-refractivity contribution in [3.8, 4) is 11.5 Å². The van der Waals surface area contributed by atoms with E-state index in [4.69, 9.17) is 9.47 Å². The maximum absolute atomic E-state index is 12.8. The van der Waals surface area contributed by atoms with E-state index < -0.39 is 0 Å². The van der Waals surface area contributed by atoms with Gasteiger partial charge in [-0.3, -0.25) is 9.48 Å². The second kappa shape index (κ2) is 7.45. The summed E-state index contributed by atoms with van der Waals surface area (Å²) in [4.78, 5) is 23.0. The summed E-state index contributed by atoms with van der Waals surface area (Å²) in [7, 11) is 1.56. The number of aromatic nitrogens is 4. The predicted molar refractivity (Wildman–Crippen MR) is 96.3 cm³/mol. The van der Waals surface area contributed by atoms with Crippen molar-refractivity contribution in [2.75, 3.05) is 13.7 Å². The highest BCUT2D eigenvalue weighted by Gasteiger charge is 2.27. The summed E-state index contributed by atoms with van der Waals surface area (Å²) in [5.41, 5.74) is 1.28. The molecule has 1 amide bonds. The van der Waals surface area contributed by atoms with Gasteiger partial charge in [-0.25, -0.2) is 9.97 Å². The molecule has 4 rings (SSSR count). The Bertz CT molecular complexity index is 924. The number of para-hydroxylation sites is 1. The van der Waals surface area contributed by atoms with Crippen LogP contribution in [0.4, 0.5) is 0 Å². The lowest BCUT2D eigenvalue weighted by molar-refractivity contribution is 0.0678. The zero-order valence-electron chi connectivity index (χ0n) is 14.9. The molecule has 0 spiro atoms. The van der Waals surface area contributed by atoms with E-state index in [-0.39, 0.29) is 5.91 Å². The quantitative estimate of drug-likeness (QED) is 0.664. The van der Waals surface area contributed by atoms with Crippen LogP contribution in [-0.2, 0) is 19.7 Å². The minimum absolute atomic E-state index is 0.0841. The topological polar surface area (TPSA) is 82.4 Å². The van der Waals surface area contributed by atoms with Gasteiger partial charge in [-0.1, -0.05) is 18.2 Å². The fraction of sp³-hybridized carbons (Fsp3) is 0.263. The molecule has 0 unspecified atom stereocenters. The van der Waals surface area contributed by atoms with Gasteiger partial charge >= 0.3 is 0 Å². The maximum Gasteiger partial charge on any atom is 0.272 e. The zero-order chi connectivity index (χ0) is 18.6. The Balaban J connectivity index is 1.43. The molecule has 0 fully saturated rings. The second-order valence-electron chi connectivity index (χ2n) is 6.11. The first-order chi connectivity index (χ1) is 13.2. The van der Waals surface area contributed by atoms with Gasteiger partial charge in [0.15, 0.2) is 5.75 Å².